The fraction of sp³-hybridized carbons (Fsp3) is 0.190. The normalized spacial score (nSPS) is 19.7. The van der Waals surface area contributed by atoms with Crippen molar-refractivity contribution in [1.82, 2.24) is 9.97 Å². The largest absolute Gasteiger partial charge is 0.503 e. The highest BCUT2D eigenvalue weighted by atomic mass is 127. The van der Waals surface area contributed by atoms with Gasteiger partial charge in [-0.3, -0.25) is 14.5 Å². The standard InChI is InChI=1S/C21H16IN3O3/c22-13-5-3-11(4-6-13)18-17(19(26)12-1-2-12)20(27)21(28)25(18)14-7-8-15-16(9-14)24-10-23-15/h3-10,12,18,27H,1-2H2,(H,23,24). The molecule has 2 aromatic carbocycles. The van der Waals surface area contributed by atoms with Crippen LogP contribution in [0.2, 0.25) is 0 Å². The lowest BCUT2D eigenvalue weighted by Gasteiger charge is -2.27. The van der Waals surface area contributed by atoms with E-state index in [1.807, 2.05) is 36.4 Å². The van der Waals surface area contributed by atoms with E-state index in [0.29, 0.717) is 5.69 Å². The number of halogens is 1. The molecule has 7 heteroatoms. The van der Waals surface area contributed by atoms with Crippen molar-refractivity contribution in [3.05, 3.63) is 69.3 Å². The summed E-state index contributed by atoms with van der Waals surface area (Å²) >= 11 is 2.21. The molecule has 1 aliphatic carbocycles. The summed E-state index contributed by atoms with van der Waals surface area (Å²) in [5, 5.41) is 10.6. The van der Waals surface area contributed by atoms with Crippen molar-refractivity contribution in [3.8, 4) is 0 Å². The van der Waals surface area contributed by atoms with E-state index in [2.05, 4.69) is 32.6 Å². The fourth-order valence-corrected chi connectivity index (χ4v) is 4.08. The molecule has 2 heterocycles. The van der Waals surface area contributed by atoms with E-state index in [4.69, 9.17) is 0 Å². The number of hydrogen-bond acceptors (Lipinski definition) is 4. The van der Waals surface area contributed by atoms with Crippen molar-refractivity contribution in [2.75, 3.05) is 4.90 Å². The second kappa shape index (κ2) is 6.44. The number of ketones is 1. The number of aliphatic hydroxyl groups is 1. The number of benzene rings is 2. The van der Waals surface area contributed by atoms with Crippen LogP contribution in [-0.4, -0.2) is 26.8 Å². The van der Waals surface area contributed by atoms with Gasteiger partial charge in [0.25, 0.3) is 5.91 Å². The summed E-state index contributed by atoms with van der Waals surface area (Å²) in [4.78, 5) is 34.7. The van der Waals surface area contributed by atoms with E-state index in [1.54, 1.807) is 12.4 Å². The molecule has 1 aliphatic heterocycles. The number of fused-ring (bicyclic) bond motifs is 1. The van der Waals surface area contributed by atoms with Crippen LogP contribution in [0.1, 0.15) is 24.4 Å². The number of anilines is 1. The average Bonchev–Trinajstić information content (AvgIpc) is 3.39. The van der Waals surface area contributed by atoms with E-state index in [9.17, 15) is 14.7 Å². The zero-order chi connectivity index (χ0) is 19.4. The highest BCUT2D eigenvalue weighted by Gasteiger charge is 2.47. The lowest BCUT2D eigenvalue weighted by atomic mass is 9.94. The molecule has 1 amide bonds. The summed E-state index contributed by atoms with van der Waals surface area (Å²) in [6.07, 6.45) is 3.21. The van der Waals surface area contributed by atoms with Crippen molar-refractivity contribution in [2.24, 2.45) is 5.92 Å². The van der Waals surface area contributed by atoms with Crippen LogP contribution in [0.4, 0.5) is 5.69 Å². The van der Waals surface area contributed by atoms with E-state index < -0.39 is 17.7 Å². The topological polar surface area (TPSA) is 86.3 Å². The van der Waals surface area contributed by atoms with Gasteiger partial charge in [-0.15, -0.1) is 0 Å². The third-order valence-electron chi connectivity index (χ3n) is 5.29. The first kappa shape index (κ1) is 17.4. The molecule has 1 fully saturated rings. The molecular formula is C21H16IN3O3. The number of carbonyl (C=O) groups is 2. The number of nitrogens with one attached hydrogen (secondary N) is 1. The molecule has 5 rings (SSSR count). The predicted octanol–water partition coefficient (Wildman–Crippen LogP) is 4.05. The molecule has 140 valence electrons. The number of H-pyrrole nitrogens is 1. The van der Waals surface area contributed by atoms with Gasteiger partial charge < -0.3 is 10.1 Å². The Morgan fingerprint density at radius 2 is 1.93 bits per heavy atom. The maximum atomic E-state index is 13.0. The number of Topliss-reactive ketones (excluding diaryl/α,β-unsaturated/α-hetero) is 1. The van der Waals surface area contributed by atoms with Gasteiger partial charge in [0.2, 0.25) is 0 Å². The SMILES string of the molecule is O=C(C1=C(O)C(=O)N(c2ccc3nc[nH]c3c2)C1c1ccc(I)cc1)C1CC1. The summed E-state index contributed by atoms with van der Waals surface area (Å²) < 4.78 is 1.05. The number of aromatic amines is 1. The fourth-order valence-electron chi connectivity index (χ4n) is 3.72. The van der Waals surface area contributed by atoms with Gasteiger partial charge in [-0.1, -0.05) is 12.1 Å². The Labute approximate surface area is 174 Å². The Hall–Kier alpha value is -2.68. The van der Waals surface area contributed by atoms with E-state index >= 15 is 0 Å². The van der Waals surface area contributed by atoms with Crippen LogP contribution in [0.25, 0.3) is 11.0 Å². The summed E-state index contributed by atoms with van der Waals surface area (Å²) in [5.74, 6) is -1.21. The van der Waals surface area contributed by atoms with Crippen molar-refractivity contribution >= 4 is 51.0 Å². The number of amides is 1. The Balaban J connectivity index is 1.67. The number of imidazole rings is 1. The maximum Gasteiger partial charge on any atom is 0.294 e. The first-order valence-electron chi connectivity index (χ1n) is 9.04. The van der Waals surface area contributed by atoms with Crippen LogP contribution >= 0.6 is 22.6 Å². The van der Waals surface area contributed by atoms with E-state index in [-0.39, 0.29) is 17.3 Å². The third kappa shape index (κ3) is 2.72. The highest BCUT2D eigenvalue weighted by molar-refractivity contribution is 14.1. The minimum Gasteiger partial charge on any atom is -0.503 e. The van der Waals surface area contributed by atoms with Crippen LogP contribution in [-0.2, 0) is 9.59 Å². The summed E-state index contributed by atoms with van der Waals surface area (Å²) in [6, 6.07) is 12.5. The molecule has 0 radical (unpaired) electrons. The molecule has 1 aromatic heterocycles. The minimum atomic E-state index is -0.641. The molecule has 3 aromatic rings. The maximum absolute atomic E-state index is 13.0. The summed E-state index contributed by atoms with van der Waals surface area (Å²) in [7, 11) is 0. The molecule has 28 heavy (non-hydrogen) atoms. The molecule has 2 N–H and O–H groups in total. The van der Waals surface area contributed by atoms with Crippen LogP contribution in [0.15, 0.2) is 60.1 Å². The highest BCUT2D eigenvalue weighted by Crippen LogP contribution is 2.45. The minimum absolute atomic E-state index is 0.0914. The van der Waals surface area contributed by atoms with Crippen LogP contribution in [0, 0.1) is 9.49 Å². The number of hydrogen-bond donors (Lipinski definition) is 2. The first-order valence-corrected chi connectivity index (χ1v) is 10.1. The van der Waals surface area contributed by atoms with Crippen LogP contribution in [0.5, 0.6) is 0 Å². The molecule has 1 atom stereocenters. The monoisotopic (exact) mass is 485 g/mol. The Morgan fingerprint density at radius 1 is 1.18 bits per heavy atom. The Morgan fingerprint density at radius 3 is 2.64 bits per heavy atom. The van der Waals surface area contributed by atoms with Gasteiger partial charge in [0.05, 0.1) is 29.0 Å². The van der Waals surface area contributed by atoms with Gasteiger partial charge in [-0.05, 0) is 71.3 Å². The average molecular weight is 485 g/mol. The lowest BCUT2D eigenvalue weighted by Crippen LogP contribution is -2.31. The van der Waals surface area contributed by atoms with E-state index in [0.717, 1.165) is 33.0 Å². The van der Waals surface area contributed by atoms with Crippen molar-refractivity contribution < 1.29 is 14.7 Å². The molecule has 2 aliphatic rings. The second-order valence-corrected chi connectivity index (χ2v) is 8.38. The summed E-state index contributed by atoms with van der Waals surface area (Å²) in [5.41, 5.74) is 3.18. The molecule has 0 bridgehead atoms. The molecule has 1 unspecified atom stereocenters. The number of aromatic nitrogens is 2. The number of aliphatic hydroxyl groups excluding tert-OH is 1. The molecule has 1 saturated carbocycles. The molecule has 0 saturated heterocycles. The van der Waals surface area contributed by atoms with Crippen molar-refractivity contribution in [1.29, 1.82) is 0 Å². The Kier molecular flexibility index (Phi) is 4.01. The Bertz CT molecular complexity index is 1150. The van der Waals surface area contributed by atoms with Gasteiger partial charge in [-0.25, -0.2) is 4.98 Å². The van der Waals surface area contributed by atoms with Gasteiger partial charge in [0, 0.05) is 15.2 Å². The zero-order valence-corrected chi connectivity index (χ0v) is 16.9. The van der Waals surface area contributed by atoms with Crippen molar-refractivity contribution in [2.45, 2.75) is 18.9 Å². The quantitative estimate of drug-likeness (QED) is 0.547. The second-order valence-electron chi connectivity index (χ2n) is 7.13. The van der Waals surface area contributed by atoms with Crippen LogP contribution < -0.4 is 4.90 Å². The lowest BCUT2D eigenvalue weighted by molar-refractivity contribution is -0.118. The van der Waals surface area contributed by atoms with Crippen LogP contribution in [0.3, 0.4) is 0 Å². The number of carbonyl (C=O) groups excluding carboxylic acids is 2. The van der Waals surface area contributed by atoms with E-state index in [1.165, 1.54) is 4.90 Å². The predicted molar refractivity (Wildman–Crippen MR) is 113 cm³/mol. The smallest absolute Gasteiger partial charge is 0.294 e. The van der Waals surface area contributed by atoms with Gasteiger partial charge in [-0.2, -0.15) is 0 Å². The number of rotatable bonds is 4. The number of nitrogens with zero attached hydrogens (tertiary/aromatic N) is 2. The van der Waals surface area contributed by atoms with Gasteiger partial charge >= 0.3 is 0 Å². The van der Waals surface area contributed by atoms with Gasteiger partial charge in [0.1, 0.15) is 0 Å². The first-order chi connectivity index (χ1) is 13.5. The summed E-state index contributed by atoms with van der Waals surface area (Å²) in [6.45, 7) is 0. The van der Waals surface area contributed by atoms with Crippen molar-refractivity contribution in [3.63, 3.8) is 0 Å². The molecule has 6 nitrogen and oxygen atoms in total. The molecular weight excluding hydrogens is 469 g/mol. The van der Waals surface area contributed by atoms with Gasteiger partial charge in [0.15, 0.2) is 11.5 Å². The molecule has 0 spiro atoms. The third-order valence-corrected chi connectivity index (χ3v) is 6.01. The zero-order valence-electron chi connectivity index (χ0n) is 14.7.